The van der Waals surface area contributed by atoms with Crippen LogP contribution in [0.5, 0.6) is 5.75 Å². The normalized spacial score (nSPS) is 16.2. The van der Waals surface area contributed by atoms with Gasteiger partial charge in [-0.3, -0.25) is 14.8 Å². The summed E-state index contributed by atoms with van der Waals surface area (Å²) in [5.74, 6) is -0.919. The van der Waals surface area contributed by atoms with E-state index in [9.17, 15) is 27.2 Å². The number of rotatable bonds is 8. The molecule has 2 heterocycles. The summed E-state index contributed by atoms with van der Waals surface area (Å²) in [4.78, 5) is 23.2. The van der Waals surface area contributed by atoms with E-state index in [0.717, 1.165) is 22.5 Å². The lowest BCUT2D eigenvalue weighted by atomic mass is 10.1. The first-order valence-corrected chi connectivity index (χ1v) is 11.1. The summed E-state index contributed by atoms with van der Waals surface area (Å²) in [6.07, 6.45) is -3.75. The second-order valence-electron chi connectivity index (χ2n) is 6.65. The summed E-state index contributed by atoms with van der Waals surface area (Å²) in [6.45, 7) is -0.280. The molecule has 0 aliphatic carbocycles. The van der Waals surface area contributed by atoms with Crippen molar-refractivity contribution in [2.45, 2.75) is 19.4 Å². The number of carbonyl (C=O) groups is 2. The monoisotopic (exact) mass is 577 g/mol. The standard InChI is InChI=1S/C20H16BrF4N5O4S/c1-33-11-4-3-9(7-26-28-20-27-19(32)12(35-20)6-13(31)34-2)5-10(11)8-30-16(18(24)25)14(21)15(29-30)17(22)23/h3-7,17-18H,8H2,1-2H3,(H,27,28,32)/b12-6+,26-7?. The summed E-state index contributed by atoms with van der Waals surface area (Å²) in [6, 6.07) is 4.69. The Hall–Kier alpha value is -3.20. The minimum absolute atomic E-state index is 0.0842. The van der Waals surface area contributed by atoms with Crippen molar-refractivity contribution in [2.24, 2.45) is 10.2 Å². The van der Waals surface area contributed by atoms with Crippen molar-refractivity contribution in [1.82, 2.24) is 15.1 Å². The first-order chi connectivity index (χ1) is 16.6. The van der Waals surface area contributed by atoms with E-state index in [1.807, 2.05) is 0 Å². The average Bonchev–Trinajstić information content (AvgIpc) is 3.32. The molecule has 1 fully saturated rings. The van der Waals surface area contributed by atoms with Crippen LogP contribution >= 0.6 is 27.7 Å². The van der Waals surface area contributed by atoms with Gasteiger partial charge in [-0.2, -0.15) is 10.2 Å². The van der Waals surface area contributed by atoms with Crippen LogP contribution in [0.2, 0.25) is 0 Å². The number of hydrogen-bond donors (Lipinski definition) is 1. The molecule has 0 spiro atoms. The van der Waals surface area contributed by atoms with Gasteiger partial charge in [0.25, 0.3) is 18.8 Å². The van der Waals surface area contributed by atoms with Crippen LogP contribution in [0.25, 0.3) is 0 Å². The summed E-state index contributed by atoms with van der Waals surface area (Å²) < 4.78 is 63.4. The lowest BCUT2D eigenvalue weighted by Gasteiger charge is -2.12. The molecule has 0 unspecified atom stereocenters. The Bertz CT molecular complexity index is 1230. The van der Waals surface area contributed by atoms with Crippen molar-refractivity contribution in [3.63, 3.8) is 0 Å². The quantitative estimate of drug-likeness (QED) is 0.166. The van der Waals surface area contributed by atoms with Crippen molar-refractivity contribution in [3.8, 4) is 5.75 Å². The number of amidine groups is 1. The SMILES string of the molecule is COC(=O)/C=C1/S/C(=N\N=Cc2ccc(OC)c(Cn3nc(C(F)F)c(Br)c3C(F)F)c2)NC1=O. The molecule has 3 rings (SSSR count). The molecule has 0 bridgehead atoms. The van der Waals surface area contributed by atoms with E-state index < -0.39 is 40.6 Å². The minimum atomic E-state index is -3.05. The Labute approximate surface area is 208 Å². The third-order valence-corrected chi connectivity index (χ3v) is 6.16. The maximum absolute atomic E-state index is 13.5. The van der Waals surface area contributed by atoms with Gasteiger partial charge in [0.2, 0.25) is 0 Å². The summed E-state index contributed by atoms with van der Waals surface area (Å²) in [7, 11) is 2.55. The number of nitrogens with one attached hydrogen (secondary N) is 1. The topological polar surface area (TPSA) is 107 Å². The zero-order chi connectivity index (χ0) is 25.7. The lowest BCUT2D eigenvalue weighted by Crippen LogP contribution is -2.19. The molecular weight excluding hydrogens is 562 g/mol. The van der Waals surface area contributed by atoms with Crippen LogP contribution in [0.3, 0.4) is 0 Å². The highest BCUT2D eigenvalue weighted by Gasteiger charge is 2.28. The van der Waals surface area contributed by atoms with E-state index in [-0.39, 0.29) is 16.6 Å². The number of esters is 1. The largest absolute Gasteiger partial charge is 0.496 e. The predicted octanol–water partition coefficient (Wildman–Crippen LogP) is 4.19. The van der Waals surface area contributed by atoms with Gasteiger partial charge in [-0.15, -0.1) is 5.10 Å². The highest BCUT2D eigenvalue weighted by Crippen LogP contribution is 2.36. The fourth-order valence-corrected chi connectivity index (χ4v) is 4.26. The van der Waals surface area contributed by atoms with E-state index in [0.29, 0.717) is 16.9 Å². The Balaban J connectivity index is 1.84. The molecule has 1 aliphatic heterocycles. The smallest absolute Gasteiger partial charge is 0.331 e. The molecule has 35 heavy (non-hydrogen) atoms. The highest BCUT2D eigenvalue weighted by atomic mass is 79.9. The molecule has 0 radical (unpaired) electrons. The lowest BCUT2D eigenvalue weighted by molar-refractivity contribution is -0.135. The van der Waals surface area contributed by atoms with Crippen LogP contribution in [-0.2, 0) is 20.9 Å². The Morgan fingerprint density at radius 3 is 2.66 bits per heavy atom. The Kier molecular flexibility index (Phi) is 8.67. The average molecular weight is 578 g/mol. The van der Waals surface area contributed by atoms with Gasteiger partial charge >= 0.3 is 5.97 Å². The molecule has 1 aliphatic rings. The van der Waals surface area contributed by atoms with Crippen LogP contribution < -0.4 is 10.1 Å². The number of thioether (sulfide) groups is 1. The molecule has 1 N–H and O–H groups in total. The van der Waals surface area contributed by atoms with E-state index in [1.165, 1.54) is 20.4 Å². The molecule has 1 aromatic heterocycles. The molecular formula is C20H16BrF4N5O4S. The van der Waals surface area contributed by atoms with E-state index in [1.54, 1.807) is 18.2 Å². The number of methoxy groups -OCH3 is 2. The number of aromatic nitrogens is 2. The number of hydrogen-bond acceptors (Lipinski definition) is 8. The van der Waals surface area contributed by atoms with Crippen LogP contribution in [0.1, 0.15) is 35.4 Å². The molecule has 1 saturated heterocycles. The second-order valence-corrected chi connectivity index (χ2v) is 8.48. The number of carbonyl (C=O) groups excluding carboxylic acids is 2. The predicted molar refractivity (Wildman–Crippen MR) is 123 cm³/mol. The van der Waals surface area contributed by atoms with Gasteiger partial charge in [-0.1, -0.05) is 0 Å². The molecule has 186 valence electrons. The van der Waals surface area contributed by atoms with Gasteiger partial charge < -0.3 is 9.47 Å². The number of ether oxygens (including phenoxy) is 2. The van der Waals surface area contributed by atoms with Crippen molar-refractivity contribution < 1.29 is 36.6 Å². The van der Waals surface area contributed by atoms with E-state index >= 15 is 0 Å². The second kappa shape index (κ2) is 11.5. The molecule has 1 amide bonds. The van der Waals surface area contributed by atoms with Crippen LogP contribution in [0, 0.1) is 0 Å². The molecule has 1 aromatic carbocycles. The maximum Gasteiger partial charge on any atom is 0.331 e. The summed E-state index contributed by atoms with van der Waals surface area (Å²) in [5.41, 5.74) is -0.625. The van der Waals surface area contributed by atoms with Crippen molar-refractivity contribution >= 4 is 51.0 Å². The van der Waals surface area contributed by atoms with Gasteiger partial charge in [0, 0.05) is 11.6 Å². The Morgan fingerprint density at radius 2 is 2.03 bits per heavy atom. The van der Waals surface area contributed by atoms with Crippen molar-refractivity contribution in [1.29, 1.82) is 0 Å². The number of alkyl halides is 4. The van der Waals surface area contributed by atoms with Crippen LogP contribution in [0.15, 0.2) is 43.9 Å². The molecule has 0 atom stereocenters. The molecule has 15 heteroatoms. The number of nitrogens with zero attached hydrogens (tertiary/aromatic N) is 4. The van der Waals surface area contributed by atoms with Gasteiger partial charge in [-0.25, -0.2) is 22.4 Å². The maximum atomic E-state index is 13.5. The van der Waals surface area contributed by atoms with E-state index in [2.05, 4.69) is 41.3 Å². The van der Waals surface area contributed by atoms with Gasteiger partial charge in [-0.05, 0) is 51.5 Å². The van der Waals surface area contributed by atoms with Crippen LogP contribution in [-0.4, -0.2) is 47.3 Å². The van der Waals surface area contributed by atoms with Gasteiger partial charge in [0.15, 0.2) is 5.17 Å². The third kappa shape index (κ3) is 6.28. The Morgan fingerprint density at radius 1 is 1.29 bits per heavy atom. The molecule has 9 nitrogen and oxygen atoms in total. The van der Waals surface area contributed by atoms with Crippen molar-refractivity contribution in [3.05, 3.63) is 56.2 Å². The zero-order valence-corrected chi connectivity index (χ0v) is 20.4. The summed E-state index contributed by atoms with van der Waals surface area (Å²) in [5, 5.41) is 13.9. The fraction of sp³-hybridized carbons (Fsp3) is 0.250. The highest BCUT2D eigenvalue weighted by molar-refractivity contribution is 9.10. The first-order valence-electron chi connectivity index (χ1n) is 9.53. The number of amides is 1. The zero-order valence-electron chi connectivity index (χ0n) is 18.0. The molecule has 0 saturated carbocycles. The van der Waals surface area contributed by atoms with Crippen LogP contribution in [0.4, 0.5) is 17.6 Å². The number of benzene rings is 1. The molecule has 2 aromatic rings. The third-order valence-electron chi connectivity index (χ3n) is 4.45. The summed E-state index contributed by atoms with van der Waals surface area (Å²) >= 11 is 3.67. The van der Waals surface area contributed by atoms with E-state index in [4.69, 9.17) is 4.74 Å². The first kappa shape index (κ1) is 26.4. The van der Waals surface area contributed by atoms with Crippen molar-refractivity contribution in [2.75, 3.05) is 14.2 Å². The fourth-order valence-electron chi connectivity index (χ4n) is 2.89. The number of halogens is 5. The minimum Gasteiger partial charge on any atom is -0.496 e. The van der Waals surface area contributed by atoms with Gasteiger partial charge in [0.1, 0.15) is 17.1 Å². The van der Waals surface area contributed by atoms with Gasteiger partial charge in [0.05, 0.1) is 36.4 Å².